The molecule has 0 saturated heterocycles. The second kappa shape index (κ2) is 8.86. The fourth-order valence-corrected chi connectivity index (χ4v) is 1.27. The van der Waals surface area contributed by atoms with Crippen LogP contribution >= 0.6 is 11.6 Å². The Balaban J connectivity index is 2.46. The lowest BCUT2D eigenvalue weighted by atomic mass is 10.2. The first kappa shape index (κ1) is 13.8. The van der Waals surface area contributed by atoms with E-state index < -0.39 is 0 Å². The van der Waals surface area contributed by atoms with Gasteiger partial charge in [-0.2, -0.15) is 0 Å². The highest BCUT2D eigenvalue weighted by molar-refractivity contribution is 6.18. The molecule has 0 aliphatic rings. The lowest BCUT2D eigenvalue weighted by Gasteiger charge is -2.05. The first-order valence-corrected chi connectivity index (χ1v) is 6.02. The average Bonchev–Trinajstić information content (AvgIpc) is 2.36. The number of ether oxygens (including phenoxy) is 2. The molecule has 1 aromatic rings. The van der Waals surface area contributed by atoms with Gasteiger partial charge in [0.05, 0.1) is 12.8 Å². The Morgan fingerprint density at radius 1 is 1.35 bits per heavy atom. The molecule has 0 radical (unpaired) electrons. The number of aromatic nitrogens is 1. The van der Waals surface area contributed by atoms with E-state index in [1.807, 2.05) is 6.07 Å². The molecular formula is C13H16ClNO2. The summed E-state index contributed by atoms with van der Waals surface area (Å²) in [6.07, 6.45) is 4.93. The van der Waals surface area contributed by atoms with Gasteiger partial charge >= 0.3 is 0 Å². The van der Waals surface area contributed by atoms with Crippen LogP contribution in [0.15, 0.2) is 18.5 Å². The number of methoxy groups -OCH3 is 1. The monoisotopic (exact) mass is 253 g/mol. The van der Waals surface area contributed by atoms with Crippen LogP contribution in [0.3, 0.4) is 0 Å². The minimum absolute atomic E-state index is 0.549. The van der Waals surface area contributed by atoms with E-state index in [4.69, 9.17) is 21.1 Å². The van der Waals surface area contributed by atoms with Crippen LogP contribution in [-0.4, -0.2) is 31.2 Å². The van der Waals surface area contributed by atoms with Gasteiger partial charge in [0.15, 0.2) is 0 Å². The smallest absolute Gasteiger partial charge is 0.138 e. The topological polar surface area (TPSA) is 31.4 Å². The molecule has 0 unspecified atom stereocenters. The number of rotatable bonds is 6. The maximum Gasteiger partial charge on any atom is 0.138 e. The molecule has 1 rings (SSSR count). The molecule has 0 aliphatic heterocycles. The Morgan fingerprint density at radius 2 is 2.24 bits per heavy atom. The Hall–Kier alpha value is -1.24. The minimum atomic E-state index is 0.549. The average molecular weight is 254 g/mol. The molecule has 0 spiro atoms. The molecule has 17 heavy (non-hydrogen) atoms. The van der Waals surface area contributed by atoms with Crippen molar-refractivity contribution in [3.63, 3.8) is 0 Å². The van der Waals surface area contributed by atoms with Crippen LogP contribution in [-0.2, 0) is 4.74 Å². The fourth-order valence-electron chi connectivity index (χ4n) is 1.17. The molecule has 1 aromatic heterocycles. The Bertz CT molecular complexity index is 384. The summed E-state index contributed by atoms with van der Waals surface area (Å²) in [5.74, 6) is 7.23. The number of halogens is 1. The summed E-state index contributed by atoms with van der Waals surface area (Å²) in [5, 5.41) is 0. The molecule has 1 heterocycles. The molecule has 4 heteroatoms. The van der Waals surface area contributed by atoms with E-state index in [1.54, 1.807) is 19.5 Å². The quantitative estimate of drug-likeness (QED) is 0.443. The second-order valence-corrected chi connectivity index (χ2v) is 3.72. The molecule has 0 bridgehead atoms. The van der Waals surface area contributed by atoms with Gasteiger partial charge in [0, 0.05) is 44.2 Å². The molecular weight excluding hydrogens is 238 g/mol. The Kier molecular flexibility index (Phi) is 7.20. The Morgan fingerprint density at radius 3 is 3.00 bits per heavy atom. The second-order valence-electron chi connectivity index (χ2n) is 3.34. The molecule has 0 saturated carbocycles. The van der Waals surface area contributed by atoms with Gasteiger partial charge in [-0.25, -0.2) is 0 Å². The van der Waals surface area contributed by atoms with Crippen molar-refractivity contribution < 1.29 is 9.47 Å². The third kappa shape index (κ3) is 6.15. The highest BCUT2D eigenvalue weighted by atomic mass is 35.5. The van der Waals surface area contributed by atoms with Gasteiger partial charge in [0.2, 0.25) is 0 Å². The highest BCUT2D eigenvalue weighted by Gasteiger charge is 1.95. The van der Waals surface area contributed by atoms with Crippen LogP contribution in [0.4, 0.5) is 0 Å². The van der Waals surface area contributed by atoms with Crippen LogP contribution in [0.25, 0.3) is 0 Å². The zero-order valence-electron chi connectivity index (χ0n) is 9.91. The van der Waals surface area contributed by atoms with Crippen LogP contribution < -0.4 is 4.74 Å². The fraction of sp³-hybridized carbons (Fsp3) is 0.462. The molecule has 0 fully saturated rings. The van der Waals surface area contributed by atoms with E-state index in [9.17, 15) is 0 Å². The first-order valence-electron chi connectivity index (χ1n) is 5.48. The van der Waals surface area contributed by atoms with Gasteiger partial charge in [-0.1, -0.05) is 11.8 Å². The molecule has 0 aliphatic carbocycles. The van der Waals surface area contributed by atoms with Gasteiger partial charge in [0.25, 0.3) is 0 Å². The van der Waals surface area contributed by atoms with E-state index >= 15 is 0 Å². The number of pyridine rings is 1. The van der Waals surface area contributed by atoms with E-state index in [-0.39, 0.29) is 0 Å². The van der Waals surface area contributed by atoms with Crippen molar-refractivity contribution in [2.75, 3.05) is 26.2 Å². The summed E-state index contributed by atoms with van der Waals surface area (Å²) >= 11 is 5.54. The van der Waals surface area contributed by atoms with Gasteiger partial charge in [0.1, 0.15) is 5.75 Å². The number of nitrogens with zero attached hydrogens (tertiary/aromatic N) is 1. The van der Waals surface area contributed by atoms with E-state index in [1.165, 1.54) is 0 Å². The maximum atomic E-state index is 5.54. The van der Waals surface area contributed by atoms with E-state index in [0.717, 1.165) is 17.7 Å². The first-order chi connectivity index (χ1) is 8.36. The van der Waals surface area contributed by atoms with Gasteiger partial charge in [-0.05, 0) is 6.07 Å². The van der Waals surface area contributed by atoms with E-state index in [0.29, 0.717) is 25.5 Å². The van der Waals surface area contributed by atoms with Crippen molar-refractivity contribution in [2.24, 2.45) is 0 Å². The van der Waals surface area contributed by atoms with Gasteiger partial charge in [-0.3, -0.25) is 4.98 Å². The predicted octanol–water partition coefficient (Wildman–Crippen LogP) is 2.48. The normalized spacial score (nSPS) is 9.53. The lowest BCUT2D eigenvalue weighted by molar-refractivity contribution is 0.172. The summed E-state index contributed by atoms with van der Waals surface area (Å²) in [6.45, 7) is 1.32. The van der Waals surface area contributed by atoms with Crippen LogP contribution in [0.1, 0.15) is 18.4 Å². The number of hydrogen-bond donors (Lipinski definition) is 0. The summed E-state index contributed by atoms with van der Waals surface area (Å²) in [5.41, 5.74) is 0.847. The zero-order valence-corrected chi connectivity index (χ0v) is 10.7. The summed E-state index contributed by atoms with van der Waals surface area (Å²) in [4.78, 5) is 4.07. The molecule has 0 atom stereocenters. The summed E-state index contributed by atoms with van der Waals surface area (Å²) in [6, 6.07) is 1.88. The molecule has 0 amide bonds. The third-order valence-corrected chi connectivity index (χ3v) is 2.12. The van der Waals surface area contributed by atoms with Crippen LogP contribution in [0.5, 0.6) is 5.75 Å². The van der Waals surface area contributed by atoms with Crippen LogP contribution in [0.2, 0.25) is 0 Å². The number of alkyl halides is 1. The van der Waals surface area contributed by atoms with Crippen molar-refractivity contribution in [3.05, 3.63) is 24.0 Å². The van der Waals surface area contributed by atoms with Gasteiger partial charge < -0.3 is 9.47 Å². The van der Waals surface area contributed by atoms with Crippen molar-refractivity contribution in [3.8, 4) is 17.6 Å². The lowest BCUT2D eigenvalue weighted by Crippen LogP contribution is -2.01. The largest absolute Gasteiger partial charge is 0.492 e. The van der Waals surface area contributed by atoms with Crippen molar-refractivity contribution in [1.29, 1.82) is 0 Å². The highest BCUT2D eigenvalue weighted by Crippen LogP contribution is 2.10. The maximum absolute atomic E-state index is 5.54. The van der Waals surface area contributed by atoms with E-state index in [2.05, 4.69) is 16.8 Å². The van der Waals surface area contributed by atoms with Crippen molar-refractivity contribution >= 4 is 11.6 Å². The molecule has 0 aromatic carbocycles. The molecule has 0 N–H and O–H groups in total. The SMILES string of the molecule is COCCCOc1cncc(C#CCCCl)c1. The number of hydrogen-bond acceptors (Lipinski definition) is 3. The Labute approximate surface area is 107 Å². The standard InChI is InChI=1S/C13H16ClNO2/c1-16-7-4-8-17-13-9-12(10-15-11-13)5-2-3-6-14/h9-11H,3-4,6-8H2,1H3. The third-order valence-electron chi connectivity index (χ3n) is 1.93. The van der Waals surface area contributed by atoms with Gasteiger partial charge in [-0.15, -0.1) is 11.6 Å². The zero-order chi connectivity index (χ0) is 12.3. The van der Waals surface area contributed by atoms with Crippen LogP contribution in [0, 0.1) is 11.8 Å². The summed E-state index contributed by atoms with van der Waals surface area (Å²) in [7, 11) is 1.68. The molecule has 3 nitrogen and oxygen atoms in total. The van der Waals surface area contributed by atoms with Crippen molar-refractivity contribution in [2.45, 2.75) is 12.8 Å². The molecule has 92 valence electrons. The summed E-state index contributed by atoms with van der Waals surface area (Å²) < 4.78 is 10.5. The van der Waals surface area contributed by atoms with Crippen molar-refractivity contribution in [1.82, 2.24) is 4.98 Å². The predicted molar refractivity (Wildman–Crippen MR) is 68.4 cm³/mol. The minimum Gasteiger partial charge on any atom is -0.492 e.